The van der Waals surface area contributed by atoms with Crippen molar-refractivity contribution in [2.75, 3.05) is 18.6 Å². The number of carbonyl (C=O) groups is 2. The molecule has 114 valence electrons. The van der Waals surface area contributed by atoms with Crippen molar-refractivity contribution >= 4 is 21.7 Å². The Morgan fingerprint density at radius 2 is 2.05 bits per heavy atom. The van der Waals surface area contributed by atoms with Crippen molar-refractivity contribution < 1.29 is 23.1 Å². The number of carbonyl (C=O) groups excluding carboxylic acids is 1. The number of carboxylic acid groups (broad SMARTS) is 1. The van der Waals surface area contributed by atoms with Gasteiger partial charge in [0.25, 0.3) is 5.91 Å². The Hall–Kier alpha value is -1.96. The second kappa shape index (κ2) is 5.44. The first-order valence-electron chi connectivity index (χ1n) is 6.36. The van der Waals surface area contributed by atoms with E-state index in [0.717, 1.165) is 12.8 Å². The molecular weight excluding hydrogens is 296 g/mol. The second-order valence-corrected chi connectivity index (χ2v) is 7.63. The number of hydrogen-bond donors (Lipinski definition) is 2. The molecule has 8 heteroatoms. The number of hydrogen-bond acceptors (Lipinski definition) is 5. The Balaban J connectivity index is 1.95. The molecule has 0 spiro atoms. The topological polar surface area (TPSA) is 113 Å². The van der Waals surface area contributed by atoms with Crippen LogP contribution in [0.1, 0.15) is 33.7 Å². The SMILES string of the molecule is CS(=O)(=O)CC1(CNC(=O)c2ccc(C(=O)O)nc2)CC1. The second-order valence-electron chi connectivity index (χ2n) is 5.49. The number of amides is 1. The van der Waals surface area contributed by atoms with Gasteiger partial charge in [-0.1, -0.05) is 0 Å². The number of carboxylic acids is 1. The highest BCUT2D eigenvalue weighted by Gasteiger charge is 2.45. The Morgan fingerprint density at radius 3 is 2.48 bits per heavy atom. The van der Waals surface area contributed by atoms with Gasteiger partial charge in [-0.05, 0) is 25.0 Å². The Bertz CT molecular complexity index is 662. The van der Waals surface area contributed by atoms with Crippen LogP contribution in [0.5, 0.6) is 0 Å². The highest BCUT2D eigenvalue weighted by molar-refractivity contribution is 7.90. The molecule has 0 aromatic carbocycles. The van der Waals surface area contributed by atoms with Gasteiger partial charge in [0.05, 0.1) is 11.3 Å². The smallest absolute Gasteiger partial charge is 0.354 e. The largest absolute Gasteiger partial charge is 0.477 e. The molecule has 1 aromatic heterocycles. The van der Waals surface area contributed by atoms with E-state index in [1.165, 1.54) is 24.6 Å². The zero-order valence-corrected chi connectivity index (χ0v) is 12.3. The lowest BCUT2D eigenvalue weighted by Crippen LogP contribution is -2.33. The monoisotopic (exact) mass is 312 g/mol. The van der Waals surface area contributed by atoms with E-state index in [0.29, 0.717) is 6.54 Å². The van der Waals surface area contributed by atoms with Crippen LogP contribution in [0.15, 0.2) is 18.3 Å². The van der Waals surface area contributed by atoms with Crippen molar-refractivity contribution in [2.24, 2.45) is 5.41 Å². The van der Waals surface area contributed by atoms with E-state index in [-0.39, 0.29) is 28.3 Å². The normalized spacial score (nSPS) is 16.2. The fourth-order valence-electron chi connectivity index (χ4n) is 2.13. The van der Waals surface area contributed by atoms with Crippen LogP contribution in [0.4, 0.5) is 0 Å². The van der Waals surface area contributed by atoms with Crippen LogP contribution < -0.4 is 5.32 Å². The molecule has 0 bridgehead atoms. The Labute approximate surface area is 122 Å². The molecule has 7 nitrogen and oxygen atoms in total. The minimum Gasteiger partial charge on any atom is -0.477 e. The van der Waals surface area contributed by atoms with Crippen molar-refractivity contribution in [3.05, 3.63) is 29.6 Å². The van der Waals surface area contributed by atoms with Crippen LogP contribution in [-0.2, 0) is 9.84 Å². The molecule has 0 saturated heterocycles. The van der Waals surface area contributed by atoms with Crippen LogP contribution >= 0.6 is 0 Å². The van der Waals surface area contributed by atoms with Gasteiger partial charge in [-0.25, -0.2) is 18.2 Å². The molecule has 0 radical (unpaired) electrons. The predicted molar refractivity (Wildman–Crippen MR) is 74.9 cm³/mol. The number of rotatable bonds is 6. The van der Waals surface area contributed by atoms with E-state index in [9.17, 15) is 18.0 Å². The summed E-state index contributed by atoms with van der Waals surface area (Å²) < 4.78 is 22.6. The van der Waals surface area contributed by atoms with Crippen LogP contribution in [0.25, 0.3) is 0 Å². The number of nitrogens with zero attached hydrogens (tertiary/aromatic N) is 1. The third-order valence-corrected chi connectivity index (χ3v) is 4.53. The maximum absolute atomic E-state index is 11.9. The van der Waals surface area contributed by atoms with Gasteiger partial charge < -0.3 is 10.4 Å². The first kappa shape index (κ1) is 15.4. The predicted octanol–water partition coefficient (Wildman–Crippen LogP) is 0.334. The van der Waals surface area contributed by atoms with Crippen LogP contribution in [-0.4, -0.2) is 48.9 Å². The number of pyridine rings is 1. The molecule has 1 saturated carbocycles. The zero-order chi connectivity index (χ0) is 15.7. The molecule has 1 fully saturated rings. The van der Waals surface area contributed by atoms with Crippen LogP contribution in [0.3, 0.4) is 0 Å². The molecule has 21 heavy (non-hydrogen) atoms. The van der Waals surface area contributed by atoms with E-state index in [1.807, 2.05) is 0 Å². The number of sulfone groups is 1. The van der Waals surface area contributed by atoms with Crippen molar-refractivity contribution in [2.45, 2.75) is 12.8 Å². The highest BCUT2D eigenvalue weighted by Crippen LogP contribution is 2.46. The first-order valence-corrected chi connectivity index (χ1v) is 8.42. The van der Waals surface area contributed by atoms with Gasteiger partial charge in [-0.15, -0.1) is 0 Å². The lowest BCUT2D eigenvalue weighted by atomic mass is 10.1. The summed E-state index contributed by atoms with van der Waals surface area (Å²) in [6.07, 6.45) is 3.92. The van der Waals surface area contributed by atoms with Crippen molar-refractivity contribution in [3.8, 4) is 0 Å². The summed E-state index contributed by atoms with van der Waals surface area (Å²) >= 11 is 0. The fraction of sp³-hybridized carbons (Fsp3) is 0.462. The maximum Gasteiger partial charge on any atom is 0.354 e. The van der Waals surface area contributed by atoms with Gasteiger partial charge in [-0.3, -0.25) is 4.79 Å². The molecular formula is C13H16N2O5S. The molecule has 1 amide bonds. The molecule has 1 aliphatic rings. The summed E-state index contributed by atoms with van der Waals surface area (Å²) in [5.41, 5.74) is -0.241. The van der Waals surface area contributed by atoms with Gasteiger partial charge >= 0.3 is 5.97 Å². The maximum atomic E-state index is 11.9. The average molecular weight is 312 g/mol. The molecule has 1 aromatic rings. The molecule has 0 unspecified atom stereocenters. The van der Waals surface area contributed by atoms with E-state index in [2.05, 4.69) is 10.3 Å². The lowest BCUT2D eigenvalue weighted by Gasteiger charge is -2.14. The summed E-state index contributed by atoms with van der Waals surface area (Å²) in [5.74, 6) is -1.48. The highest BCUT2D eigenvalue weighted by atomic mass is 32.2. The molecule has 1 aliphatic carbocycles. The standard InChI is InChI=1S/C13H16N2O5S/c1-21(19,20)8-13(4-5-13)7-15-11(16)9-2-3-10(12(17)18)14-6-9/h2-3,6H,4-5,7-8H2,1H3,(H,15,16)(H,17,18). The molecule has 0 atom stereocenters. The Kier molecular flexibility index (Phi) is 3.99. The van der Waals surface area contributed by atoms with Gasteiger partial charge in [0.15, 0.2) is 0 Å². The minimum atomic E-state index is -3.08. The average Bonchev–Trinajstić information content (AvgIpc) is 3.14. The van der Waals surface area contributed by atoms with Gasteiger partial charge in [0.1, 0.15) is 15.5 Å². The lowest BCUT2D eigenvalue weighted by molar-refractivity contribution is 0.0689. The number of nitrogens with one attached hydrogen (secondary N) is 1. The summed E-state index contributed by atoms with van der Waals surface area (Å²) in [6, 6.07) is 2.63. The van der Waals surface area contributed by atoms with E-state index >= 15 is 0 Å². The van der Waals surface area contributed by atoms with Crippen molar-refractivity contribution in [3.63, 3.8) is 0 Å². The van der Waals surface area contributed by atoms with Gasteiger partial charge in [0.2, 0.25) is 0 Å². The third-order valence-electron chi connectivity index (χ3n) is 3.39. The molecule has 2 rings (SSSR count). The van der Waals surface area contributed by atoms with E-state index in [1.54, 1.807) is 0 Å². The van der Waals surface area contributed by atoms with Gasteiger partial charge in [0, 0.05) is 24.4 Å². The molecule has 1 heterocycles. The van der Waals surface area contributed by atoms with Crippen molar-refractivity contribution in [1.82, 2.24) is 10.3 Å². The Morgan fingerprint density at radius 1 is 1.38 bits per heavy atom. The summed E-state index contributed by atoms with van der Waals surface area (Å²) in [4.78, 5) is 26.2. The minimum absolute atomic E-state index is 0.0660. The molecule has 0 aliphatic heterocycles. The van der Waals surface area contributed by atoms with Crippen molar-refractivity contribution in [1.29, 1.82) is 0 Å². The van der Waals surface area contributed by atoms with Crippen LogP contribution in [0, 0.1) is 5.41 Å². The first-order chi connectivity index (χ1) is 9.71. The van der Waals surface area contributed by atoms with E-state index in [4.69, 9.17) is 5.11 Å². The number of aromatic nitrogens is 1. The third kappa shape index (κ3) is 4.25. The summed E-state index contributed by atoms with van der Waals surface area (Å²) in [6.45, 7) is 0.291. The van der Waals surface area contributed by atoms with Crippen LogP contribution in [0.2, 0.25) is 0 Å². The zero-order valence-electron chi connectivity index (χ0n) is 11.5. The van der Waals surface area contributed by atoms with E-state index < -0.39 is 15.8 Å². The van der Waals surface area contributed by atoms with Gasteiger partial charge in [-0.2, -0.15) is 0 Å². The fourth-order valence-corrected chi connectivity index (χ4v) is 3.63. The quantitative estimate of drug-likeness (QED) is 0.783. The molecule has 2 N–H and O–H groups in total. The number of aromatic carboxylic acids is 1. The summed E-state index contributed by atoms with van der Waals surface area (Å²) in [5, 5.41) is 11.4. The summed E-state index contributed by atoms with van der Waals surface area (Å²) in [7, 11) is -3.08.